The van der Waals surface area contributed by atoms with Crippen molar-refractivity contribution in [2.45, 2.75) is 20.8 Å². The van der Waals surface area contributed by atoms with Crippen molar-refractivity contribution >= 4 is 33.6 Å². The second-order valence-corrected chi connectivity index (χ2v) is 7.24. The number of rotatable bonds is 2. The third kappa shape index (κ3) is 2.60. The van der Waals surface area contributed by atoms with E-state index < -0.39 is 0 Å². The van der Waals surface area contributed by atoms with E-state index in [1.54, 1.807) is 0 Å². The van der Waals surface area contributed by atoms with Crippen molar-refractivity contribution in [2.75, 3.05) is 6.54 Å². The maximum absolute atomic E-state index is 5.97. The fraction of sp³-hybridized carbons (Fsp3) is 0.250. The molecular weight excluding hydrogens is 284 g/mol. The third-order valence-corrected chi connectivity index (χ3v) is 3.92. The molecule has 2 aromatic carbocycles. The summed E-state index contributed by atoms with van der Waals surface area (Å²) in [6.45, 7) is 7.62. The van der Waals surface area contributed by atoms with Crippen LogP contribution >= 0.6 is 0 Å². The van der Waals surface area contributed by atoms with Gasteiger partial charge < -0.3 is 4.42 Å². The van der Waals surface area contributed by atoms with Gasteiger partial charge in [-0.25, -0.2) is 0 Å². The van der Waals surface area contributed by atoms with Gasteiger partial charge in [-0.05, 0) is 12.1 Å². The molecule has 0 unspecified atom stereocenters. The minimum atomic E-state index is 0.232. The van der Waals surface area contributed by atoms with Crippen molar-refractivity contribution in [3.05, 3.63) is 54.9 Å². The summed E-state index contributed by atoms with van der Waals surface area (Å²) >= 11 is 0. The lowest BCUT2D eigenvalue weighted by atomic mass is 9.97. The summed E-state index contributed by atoms with van der Waals surface area (Å²) in [6.07, 6.45) is 4.10. The number of fused-ring (bicyclic) bond motifs is 3. The summed E-state index contributed by atoms with van der Waals surface area (Å²) in [6, 6.07) is 17.8. The van der Waals surface area contributed by atoms with Crippen molar-refractivity contribution in [1.82, 2.24) is 0 Å². The molecule has 0 saturated heterocycles. The van der Waals surface area contributed by atoms with E-state index in [9.17, 15) is 0 Å². The van der Waals surface area contributed by atoms with Crippen LogP contribution in [-0.2, 0) is 0 Å². The van der Waals surface area contributed by atoms with Gasteiger partial charge in [0, 0.05) is 22.3 Å². The molecular formula is C20H20N2O+2. The second kappa shape index (κ2) is 4.94. The average Bonchev–Trinajstić information content (AvgIpc) is 3.08. The molecule has 0 aliphatic carbocycles. The van der Waals surface area contributed by atoms with Crippen LogP contribution in [-0.4, -0.2) is 21.7 Å². The molecule has 4 rings (SSSR count). The molecule has 3 heteroatoms. The third-order valence-electron chi connectivity index (χ3n) is 3.92. The van der Waals surface area contributed by atoms with Crippen LogP contribution < -0.4 is 0 Å². The largest absolute Gasteiger partial charge is 0.495 e. The number of benzene rings is 2. The summed E-state index contributed by atoms with van der Waals surface area (Å²) in [7, 11) is 0. The Morgan fingerprint density at radius 1 is 0.957 bits per heavy atom. The van der Waals surface area contributed by atoms with E-state index >= 15 is 0 Å². The van der Waals surface area contributed by atoms with Gasteiger partial charge in [0.15, 0.2) is 6.54 Å². The summed E-state index contributed by atoms with van der Waals surface area (Å²) in [5.74, 6) is 0. The highest BCUT2D eigenvalue weighted by Crippen LogP contribution is 2.31. The Morgan fingerprint density at radius 3 is 2.57 bits per heavy atom. The molecule has 114 valence electrons. The molecule has 3 nitrogen and oxygen atoms in total. The van der Waals surface area contributed by atoms with Crippen LogP contribution in [0.2, 0.25) is 0 Å². The van der Waals surface area contributed by atoms with Crippen LogP contribution in [0.15, 0.2) is 59.3 Å². The molecule has 1 aromatic heterocycles. The van der Waals surface area contributed by atoms with Gasteiger partial charge in [-0.1, -0.05) is 48.1 Å². The summed E-state index contributed by atoms with van der Waals surface area (Å²) in [5, 5.41) is 2.31. The van der Waals surface area contributed by atoms with Gasteiger partial charge in [0.05, 0.1) is 6.07 Å². The molecule has 0 fully saturated rings. The van der Waals surface area contributed by atoms with Gasteiger partial charge in [0.2, 0.25) is 11.9 Å². The Bertz CT molecular complexity index is 1010. The Kier molecular flexibility index (Phi) is 3.00. The van der Waals surface area contributed by atoms with E-state index in [-0.39, 0.29) is 5.41 Å². The van der Waals surface area contributed by atoms with E-state index in [1.165, 1.54) is 0 Å². The zero-order valence-electron chi connectivity index (χ0n) is 13.7. The van der Waals surface area contributed by atoms with Crippen LogP contribution in [0.3, 0.4) is 0 Å². The topological polar surface area (TPSA) is 19.2 Å². The van der Waals surface area contributed by atoms with Gasteiger partial charge in [0.25, 0.3) is 6.20 Å². The van der Waals surface area contributed by atoms with Crippen molar-refractivity contribution in [3.63, 3.8) is 0 Å². The number of nitrogens with zero attached hydrogens (tertiary/aromatic N) is 2. The average molecular weight is 304 g/mol. The first-order chi connectivity index (χ1) is 11.0. The molecule has 23 heavy (non-hydrogen) atoms. The van der Waals surface area contributed by atoms with Gasteiger partial charge in [0.1, 0.15) is 11.2 Å². The van der Waals surface area contributed by atoms with Crippen LogP contribution in [0.5, 0.6) is 0 Å². The first-order valence-corrected chi connectivity index (χ1v) is 7.91. The van der Waals surface area contributed by atoms with E-state index in [0.29, 0.717) is 0 Å². The maximum atomic E-state index is 5.97. The zero-order valence-corrected chi connectivity index (χ0v) is 13.7. The molecule has 0 bridgehead atoms. The minimum absolute atomic E-state index is 0.232. The number of para-hydroxylation sites is 1. The van der Waals surface area contributed by atoms with Gasteiger partial charge in [-0.2, -0.15) is 0 Å². The molecule has 0 atom stereocenters. The van der Waals surface area contributed by atoms with Crippen LogP contribution in [0.4, 0.5) is 5.69 Å². The lowest BCUT2D eigenvalue weighted by molar-refractivity contribution is -0.474. The molecule has 0 N–H and O–H groups in total. The number of hydrogen-bond donors (Lipinski definition) is 0. The lowest BCUT2D eigenvalue weighted by Crippen LogP contribution is -2.20. The quantitative estimate of drug-likeness (QED) is 0.613. The molecule has 1 aliphatic heterocycles. The highest BCUT2D eigenvalue weighted by Gasteiger charge is 2.25. The van der Waals surface area contributed by atoms with Crippen molar-refractivity contribution in [3.8, 4) is 0 Å². The van der Waals surface area contributed by atoms with Gasteiger partial charge in [-0.15, -0.1) is 0 Å². The lowest BCUT2D eigenvalue weighted by Gasteiger charge is -2.10. The Morgan fingerprint density at radius 2 is 1.74 bits per heavy atom. The summed E-state index contributed by atoms with van der Waals surface area (Å²) in [5.41, 5.74) is 3.13. The zero-order chi connectivity index (χ0) is 16.0. The molecule has 0 radical (unpaired) electrons. The monoisotopic (exact) mass is 304 g/mol. The first kappa shape index (κ1) is 14.0. The standard InChI is InChI=1S/C20H20N2O/c1-20(2,3)13-21-10-11-22(14-21)15-8-9-17-16-6-4-5-7-18(16)23-19(17)12-15/h4-12H,13H2,1-3H3/q+2. The van der Waals surface area contributed by atoms with Crippen LogP contribution in [0, 0.1) is 5.41 Å². The minimum Gasteiger partial charge on any atom is -0.456 e. The first-order valence-electron chi connectivity index (χ1n) is 7.91. The van der Waals surface area contributed by atoms with Crippen molar-refractivity contribution in [1.29, 1.82) is 0 Å². The number of furan rings is 1. The molecule has 0 saturated carbocycles. The Labute approximate surface area is 135 Å². The Hall–Kier alpha value is -2.64. The number of hydrogen-bond acceptors (Lipinski definition) is 1. The molecule has 3 aromatic rings. The Balaban J connectivity index is 1.80. The van der Waals surface area contributed by atoms with E-state index in [1.807, 2.05) is 29.0 Å². The normalized spacial score (nSPS) is 14.6. The fourth-order valence-corrected chi connectivity index (χ4v) is 2.96. The fourth-order valence-electron chi connectivity index (χ4n) is 2.96. The van der Waals surface area contributed by atoms with Crippen molar-refractivity contribution < 1.29 is 13.6 Å². The predicted octanol–water partition coefficient (Wildman–Crippen LogP) is 4.95. The second-order valence-electron chi connectivity index (χ2n) is 7.24. The maximum Gasteiger partial charge on any atom is 0.495 e. The summed E-state index contributed by atoms with van der Waals surface area (Å²) in [4.78, 5) is 0. The van der Waals surface area contributed by atoms with Crippen LogP contribution in [0.25, 0.3) is 21.9 Å². The smallest absolute Gasteiger partial charge is 0.456 e. The van der Waals surface area contributed by atoms with E-state index in [0.717, 1.165) is 34.2 Å². The van der Waals surface area contributed by atoms with Crippen molar-refractivity contribution in [2.24, 2.45) is 5.41 Å². The highest BCUT2D eigenvalue weighted by atomic mass is 16.3. The van der Waals surface area contributed by atoms with Gasteiger partial charge >= 0.3 is 6.01 Å². The SMILES string of the molecule is CC(C)(C)C[N+]1=C=[N+](c2ccc3c(c2)oc2ccccc23)C=C1. The predicted molar refractivity (Wildman–Crippen MR) is 92.4 cm³/mol. The van der Waals surface area contributed by atoms with E-state index in [4.69, 9.17) is 4.42 Å². The molecule has 0 amide bonds. The van der Waals surface area contributed by atoms with E-state index in [2.05, 4.69) is 61.8 Å². The molecule has 1 aliphatic rings. The molecule has 0 spiro atoms. The molecule has 2 heterocycles. The summed E-state index contributed by atoms with van der Waals surface area (Å²) < 4.78 is 10.1. The van der Waals surface area contributed by atoms with Crippen LogP contribution in [0.1, 0.15) is 20.8 Å². The van der Waals surface area contributed by atoms with Gasteiger partial charge in [-0.3, -0.25) is 0 Å². The highest BCUT2D eigenvalue weighted by molar-refractivity contribution is 6.05.